The average Bonchev–Trinajstić information content (AvgIpc) is 2.92. The van der Waals surface area contributed by atoms with Crippen LogP contribution in [0.1, 0.15) is 48.9 Å². The van der Waals surface area contributed by atoms with Gasteiger partial charge in [-0.05, 0) is 67.6 Å². The van der Waals surface area contributed by atoms with Crippen molar-refractivity contribution in [3.8, 4) is 11.5 Å². The number of hydrogen-bond acceptors (Lipinski definition) is 5. The molecule has 6 nitrogen and oxygen atoms in total. The van der Waals surface area contributed by atoms with Gasteiger partial charge in [0.05, 0.1) is 0 Å². The Morgan fingerprint density at radius 2 is 1.44 bits per heavy atom. The molecule has 4 rings (SSSR count). The molecule has 0 radical (unpaired) electrons. The predicted molar refractivity (Wildman–Crippen MR) is 147 cm³/mol. The van der Waals surface area contributed by atoms with Crippen molar-refractivity contribution >= 4 is 5.82 Å². The number of hydrogen-bond donors (Lipinski definition) is 0. The van der Waals surface area contributed by atoms with Gasteiger partial charge in [-0.2, -0.15) is 22.3 Å². The van der Waals surface area contributed by atoms with Gasteiger partial charge in [0.15, 0.2) is 23.9 Å². The van der Waals surface area contributed by atoms with Crippen LogP contribution in [0.4, 0.5) is 23.4 Å². The Hall–Kier alpha value is -4.34. The van der Waals surface area contributed by atoms with E-state index in [9.17, 15) is 22.8 Å². The highest BCUT2D eigenvalue weighted by Crippen LogP contribution is 2.37. The summed E-state index contributed by atoms with van der Waals surface area (Å²) in [6.45, 7) is 0.482. The zero-order chi connectivity index (χ0) is 29.6. The van der Waals surface area contributed by atoms with E-state index in [0.29, 0.717) is 23.3 Å². The second kappa shape index (κ2) is 12.9. The molecule has 2 heterocycles. The Morgan fingerprint density at radius 3 is 2.02 bits per heavy atom. The third-order valence-electron chi connectivity index (χ3n) is 6.56. The first kappa shape index (κ1) is 29.6. The Kier molecular flexibility index (Phi) is 9.31. The number of anilines is 1. The fraction of sp³-hybridized carbons (Fsp3) is 0.290. The Bertz CT molecular complexity index is 1400. The van der Waals surface area contributed by atoms with E-state index >= 15 is 0 Å². The number of aromatic nitrogens is 2. The molecule has 0 N–H and O–H groups in total. The van der Waals surface area contributed by atoms with Crippen molar-refractivity contribution in [2.75, 3.05) is 4.90 Å². The maximum atomic E-state index is 13.1. The van der Waals surface area contributed by atoms with Crippen LogP contribution in [0, 0.1) is 5.21 Å². The number of rotatable bonds is 11. The first-order valence-corrected chi connectivity index (χ1v) is 13.0. The van der Waals surface area contributed by atoms with Crippen LogP contribution in [-0.2, 0) is 13.0 Å². The highest BCUT2D eigenvalue weighted by Gasteiger charge is 2.25. The van der Waals surface area contributed by atoms with E-state index in [2.05, 4.69) is 47.3 Å². The summed E-state index contributed by atoms with van der Waals surface area (Å²) in [6.07, 6.45) is 4.82. The molecule has 0 fully saturated rings. The molecule has 41 heavy (non-hydrogen) atoms. The molecule has 10 heteroatoms. The summed E-state index contributed by atoms with van der Waals surface area (Å²) >= 11 is 0. The van der Waals surface area contributed by atoms with E-state index in [-0.39, 0.29) is 5.54 Å². The standard InChI is InChI=1S/C31H31F4N3O3/c1-31(2,3)38(20-22-7-5-4-6-8-22)28-12-10-24(19-36-28)25(17-21-13-15-37(39)16-14-21)23-9-11-26(40-29(32)33)27(18-23)41-30(34)35/h4-16,18-19,25,29-30H,17,20H2,1-3H3. The first-order valence-electron chi connectivity index (χ1n) is 13.0. The van der Waals surface area contributed by atoms with Crippen molar-refractivity contribution in [3.63, 3.8) is 0 Å². The van der Waals surface area contributed by atoms with Crippen molar-refractivity contribution in [2.45, 2.75) is 58.4 Å². The quantitative estimate of drug-likeness (QED) is 0.110. The highest BCUT2D eigenvalue weighted by atomic mass is 19.3. The minimum absolute atomic E-state index is 0.246. The third-order valence-corrected chi connectivity index (χ3v) is 6.56. The maximum Gasteiger partial charge on any atom is 0.387 e. The molecule has 1 atom stereocenters. The molecule has 0 saturated carbocycles. The maximum absolute atomic E-state index is 13.1. The lowest BCUT2D eigenvalue weighted by Gasteiger charge is -2.37. The normalized spacial score (nSPS) is 12.4. The molecule has 0 bridgehead atoms. The van der Waals surface area contributed by atoms with Crippen LogP contribution >= 0.6 is 0 Å². The Morgan fingerprint density at radius 1 is 0.805 bits per heavy atom. The summed E-state index contributed by atoms with van der Waals surface area (Å²) in [4.78, 5) is 6.95. The van der Waals surface area contributed by atoms with Gasteiger partial charge in [0, 0.05) is 36.3 Å². The molecular formula is C31H31F4N3O3. The van der Waals surface area contributed by atoms with E-state index in [1.807, 2.05) is 30.3 Å². The van der Waals surface area contributed by atoms with Gasteiger partial charge in [-0.1, -0.05) is 42.5 Å². The van der Waals surface area contributed by atoms with Crippen LogP contribution in [0.15, 0.2) is 91.4 Å². The summed E-state index contributed by atoms with van der Waals surface area (Å²) in [5.41, 5.74) is 2.96. The van der Waals surface area contributed by atoms with Crippen LogP contribution in [0.3, 0.4) is 0 Å². The SMILES string of the molecule is CC(C)(C)N(Cc1ccccc1)c1ccc(C(Cc2cc[n+]([O-])cc2)c2ccc(OC(F)F)c(OC(F)F)c2)cn1. The van der Waals surface area contributed by atoms with E-state index in [1.165, 1.54) is 30.6 Å². The van der Waals surface area contributed by atoms with Gasteiger partial charge in [0.2, 0.25) is 0 Å². The number of halogens is 4. The molecule has 0 amide bonds. The molecule has 0 spiro atoms. The molecule has 0 saturated heterocycles. The van der Waals surface area contributed by atoms with Gasteiger partial charge in [-0.25, -0.2) is 4.98 Å². The zero-order valence-electron chi connectivity index (χ0n) is 22.9. The zero-order valence-corrected chi connectivity index (χ0v) is 22.9. The molecule has 4 aromatic rings. The smallest absolute Gasteiger partial charge is 0.387 e. The van der Waals surface area contributed by atoms with Crippen molar-refractivity contribution in [3.05, 3.63) is 119 Å². The van der Waals surface area contributed by atoms with Crippen LogP contribution in [-0.4, -0.2) is 23.7 Å². The second-order valence-corrected chi connectivity index (χ2v) is 10.5. The Labute approximate surface area is 236 Å². The number of benzene rings is 2. The lowest BCUT2D eigenvalue weighted by Crippen LogP contribution is -2.41. The largest absolute Gasteiger partial charge is 0.619 e. The molecule has 0 aliphatic carbocycles. The second-order valence-electron chi connectivity index (χ2n) is 10.5. The van der Waals surface area contributed by atoms with Crippen molar-refractivity contribution < 1.29 is 31.8 Å². The third kappa shape index (κ3) is 8.09. The predicted octanol–water partition coefficient (Wildman–Crippen LogP) is 7.10. The van der Waals surface area contributed by atoms with Crippen molar-refractivity contribution in [2.24, 2.45) is 0 Å². The summed E-state index contributed by atoms with van der Waals surface area (Å²) in [7, 11) is 0. The van der Waals surface area contributed by atoms with E-state index in [0.717, 1.165) is 22.5 Å². The molecule has 0 aliphatic rings. The number of pyridine rings is 2. The average molecular weight is 570 g/mol. The fourth-order valence-electron chi connectivity index (χ4n) is 4.56. The topological polar surface area (TPSA) is 61.5 Å². The summed E-state index contributed by atoms with van der Waals surface area (Å²) in [5.74, 6) is -0.681. The Balaban J connectivity index is 1.72. The van der Waals surface area contributed by atoms with E-state index in [4.69, 9.17) is 4.98 Å². The minimum Gasteiger partial charge on any atom is -0.619 e. The lowest BCUT2D eigenvalue weighted by atomic mass is 9.86. The van der Waals surface area contributed by atoms with Crippen LogP contribution in [0.2, 0.25) is 0 Å². The van der Waals surface area contributed by atoms with Crippen LogP contribution in [0.5, 0.6) is 11.5 Å². The van der Waals surface area contributed by atoms with Crippen molar-refractivity contribution in [1.29, 1.82) is 0 Å². The van der Waals surface area contributed by atoms with E-state index < -0.39 is 30.6 Å². The number of alkyl halides is 4. The lowest BCUT2D eigenvalue weighted by molar-refractivity contribution is -0.605. The van der Waals surface area contributed by atoms with Gasteiger partial charge in [-0.3, -0.25) is 0 Å². The fourth-order valence-corrected chi connectivity index (χ4v) is 4.56. The summed E-state index contributed by atoms with van der Waals surface area (Å²) < 4.78 is 61.7. The van der Waals surface area contributed by atoms with Crippen LogP contribution < -0.4 is 19.1 Å². The van der Waals surface area contributed by atoms with Gasteiger partial charge in [-0.15, -0.1) is 0 Å². The van der Waals surface area contributed by atoms with Gasteiger partial charge < -0.3 is 19.6 Å². The van der Waals surface area contributed by atoms with Gasteiger partial charge >= 0.3 is 13.2 Å². The van der Waals surface area contributed by atoms with Gasteiger partial charge in [0.1, 0.15) is 5.82 Å². The van der Waals surface area contributed by atoms with Crippen molar-refractivity contribution in [1.82, 2.24) is 4.98 Å². The van der Waals surface area contributed by atoms with Gasteiger partial charge in [0.25, 0.3) is 0 Å². The molecule has 0 aliphatic heterocycles. The number of ether oxygens (including phenoxy) is 2. The molecule has 1 unspecified atom stereocenters. The monoisotopic (exact) mass is 569 g/mol. The van der Waals surface area contributed by atoms with E-state index in [1.54, 1.807) is 18.3 Å². The molecule has 2 aromatic carbocycles. The number of nitrogens with zero attached hydrogens (tertiary/aromatic N) is 3. The molecular weight excluding hydrogens is 538 g/mol. The summed E-state index contributed by atoms with van der Waals surface area (Å²) in [6, 6.07) is 21.2. The molecule has 216 valence electrons. The van der Waals surface area contributed by atoms with Crippen LogP contribution in [0.25, 0.3) is 0 Å². The first-order chi connectivity index (χ1) is 19.5. The molecule has 2 aromatic heterocycles. The minimum atomic E-state index is -3.24. The highest BCUT2D eigenvalue weighted by molar-refractivity contribution is 5.49. The summed E-state index contributed by atoms with van der Waals surface area (Å²) in [5, 5.41) is 11.6.